The summed E-state index contributed by atoms with van der Waals surface area (Å²) in [5, 5.41) is 53.9. The molecule has 1 unspecified atom stereocenters. The average molecular weight is 444 g/mol. The van der Waals surface area contributed by atoms with E-state index < -0.39 is 75.0 Å². The molecule has 10 heteroatoms. The van der Waals surface area contributed by atoms with Crippen LogP contribution in [0.4, 0.5) is 0 Å². The third-order valence-electron chi connectivity index (χ3n) is 7.01. The van der Waals surface area contributed by atoms with E-state index in [2.05, 4.69) is 0 Å². The van der Waals surface area contributed by atoms with Gasteiger partial charge in [0.1, 0.15) is 17.1 Å². The SMILES string of the molecule is CN(C)[C@@H]1C(=O)/C(=C(\N)O)C(=O)[C@@]2(O)C(=O)C3=C(O)c4c(O)cccc4C(C)(O)[C@H]3C[C@@H]12. The molecule has 170 valence electrons. The quantitative estimate of drug-likeness (QED) is 0.145. The molecule has 2 fully saturated rings. The number of benzene rings is 1. The Balaban J connectivity index is 2.03. The molecule has 0 amide bonds. The van der Waals surface area contributed by atoms with Crippen LogP contribution in [0.5, 0.6) is 5.75 Å². The maximum absolute atomic E-state index is 13.6. The first-order chi connectivity index (χ1) is 14.8. The molecule has 3 aliphatic carbocycles. The highest BCUT2D eigenvalue weighted by atomic mass is 16.3. The van der Waals surface area contributed by atoms with Gasteiger partial charge in [0.05, 0.1) is 17.2 Å². The van der Waals surface area contributed by atoms with Crippen molar-refractivity contribution in [3.05, 3.63) is 46.4 Å². The number of nitrogens with zero attached hydrogens (tertiary/aromatic N) is 1. The smallest absolute Gasteiger partial charge is 0.211 e. The molecular formula is C22H24N2O8. The summed E-state index contributed by atoms with van der Waals surface area (Å²) in [6.07, 6.45) is -0.220. The first-order valence-corrected chi connectivity index (χ1v) is 9.97. The number of phenolic OH excluding ortho intramolecular Hbond substituents is 1. The van der Waals surface area contributed by atoms with Crippen molar-refractivity contribution in [1.29, 1.82) is 0 Å². The van der Waals surface area contributed by atoms with Crippen LogP contribution in [0.25, 0.3) is 5.76 Å². The lowest BCUT2D eigenvalue weighted by molar-refractivity contribution is -0.169. The van der Waals surface area contributed by atoms with Gasteiger partial charge in [-0.3, -0.25) is 19.3 Å². The molecule has 0 spiro atoms. The molecule has 1 aromatic rings. The molecule has 0 bridgehead atoms. The Morgan fingerprint density at radius 2 is 1.75 bits per heavy atom. The van der Waals surface area contributed by atoms with Crippen molar-refractivity contribution in [2.75, 3.05) is 14.1 Å². The van der Waals surface area contributed by atoms with Gasteiger partial charge in [-0.15, -0.1) is 0 Å². The van der Waals surface area contributed by atoms with Gasteiger partial charge in [-0.25, -0.2) is 0 Å². The monoisotopic (exact) mass is 444 g/mol. The van der Waals surface area contributed by atoms with Crippen molar-refractivity contribution >= 4 is 23.1 Å². The van der Waals surface area contributed by atoms with E-state index in [0.29, 0.717) is 0 Å². The van der Waals surface area contributed by atoms with Crippen LogP contribution in [0.2, 0.25) is 0 Å². The van der Waals surface area contributed by atoms with Crippen LogP contribution in [0.3, 0.4) is 0 Å². The normalized spacial score (nSPS) is 36.1. The number of Topliss-reactive ketones (excluding diaryl/α,β-unsaturated/α-hetero) is 3. The van der Waals surface area contributed by atoms with E-state index in [1.165, 1.54) is 44.1 Å². The van der Waals surface area contributed by atoms with Gasteiger partial charge < -0.3 is 31.3 Å². The molecule has 0 saturated heterocycles. The molecule has 2 saturated carbocycles. The second-order valence-corrected chi connectivity index (χ2v) is 8.96. The summed E-state index contributed by atoms with van der Waals surface area (Å²) in [6, 6.07) is 3.00. The fourth-order valence-corrected chi connectivity index (χ4v) is 5.49. The van der Waals surface area contributed by atoms with E-state index in [-0.39, 0.29) is 17.5 Å². The van der Waals surface area contributed by atoms with Gasteiger partial charge in [0, 0.05) is 17.4 Å². The molecule has 5 atom stereocenters. The molecule has 3 aliphatic rings. The van der Waals surface area contributed by atoms with Gasteiger partial charge in [0.15, 0.2) is 17.3 Å². The Kier molecular flexibility index (Phi) is 4.57. The molecule has 0 heterocycles. The van der Waals surface area contributed by atoms with Gasteiger partial charge >= 0.3 is 0 Å². The number of aromatic hydroxyl groups is 1. The number of phenols is 1. The van der Waals surface area contributed by atoms with E-state index in [0.717, 1.165) is 0 Å². The molecule has 1 aromatic carbocycles. The van der Waals surface area contributed by atoms with Crippen molar-refractivity contribution in [2.45, 2.75) is 30.6 Å². The number of carbonyl (C=O) groups is 3. The van der Waals surface area contributed by atoms with Gasteiger partial charge in [-0.1, -0.05) is 12.1 Å². The molecule has 0 aromatic heterocycles. The molecule has 4 rings (SSSR count). The van der Waals surface area contributed by atoms with E-state index in [9.17, 15) is 39.9 Å². The van der Waals surface area contributed by atoms with Crippen molar-refractivity contribution < 1.29 is 39.9 Å². The molecule has 7 N–H and O–H groups in total. The summed E-state index contributed by atoms with van der Waals surface area (Å²) in [7, 11) is 3.01. The second kappa shape index (κ2) is 6.64. The van der Waals surface area contributed by atoms with Gasteiger partial charge in [-0.05, 0) is 39.1 Å². The Morgan fingerprint density at radius 3 is 2.31 bits per heavy atom. The fourth-order valence-electron chi connectivity index (χ4n) is 5.49. The number of aliphatic hydroxyl groups is 4. The van der Waals surface area contributed by atoms with Crippen molar-refractivity contribution in [3.63, 3.8) is 0 Å². The molecular weight excluding hydrogens is 420 g/mol. The largest absolute Gasteiger partial charge is 0.507 e. The summed E-state index contributed by atoms with van der Waals surface area (Å²) < 4.78 is 0. The first-order valence-electron chi connectivity index (χ1n) is 9.97. The van der Waals surface area contributed by atoms with Crippen LogP contribution < -0.4 is 5.73 Å². The van der Waals surface area contributed by atoms with Crippen LogP contribution in [0.15, 0.2) is 35.2 Å². The fraction of sp³-hybridized carbons (Fsp3) is 0.409. The third-order valence-corrected chi connectivity index (χ3v) is 7.01. The second-order valence-electron chi connectivity index (χ2n) is 8.96. The topological polar surface area (TPSA) is 182 Å². The number of nitrogens with two attached hydrogens (primary N) is 1. The number of rotatable bonds is 1. The number of aliphatic hydroxyl groups excluding tert-OH is 2. The summed E-state index contributed by atoms with van der Waals surface area (Å²) in [4.78, 5) is 41.2. The van der Waals surface area contributed by atoms with Crippen LogP contribution in [-0.2, 0) is 20.0 Å². The lowest BCUT2D eigenvalue weighted by Crippen LogP contribution is -2.70. The van der Waals surface area contributed by atoms with Crippen LogP contribution in [0.1, 0.15) is 24.5 Å². The summed E-state index contributed by atoms with van der Waals surface area (Å²) in [5.74, 6) is -8.00. The number of likely N-dealkylation sites (N-methyl/N-ethyl adjacent to an activating group) is 1. The lowest BCUT2D eigenvalue weighted by atomic mass is 9.53. The maximum Gasteiger partial charge on any atom is 0.211 e. The predicted molar refractivity (Wildman–Crippen MR) is 110 cm³/mol. The zero-order chi connectivity index (χ0) is 23.9. The zero-order valence-corrected chi connectivity index (χ0v) is 17.7. The number of fused-ring (bicyclic) bond motifs is 3. The number of hydrogen-bond donors (Lipinski definition) is 6. The number of ketones is 3. The highest BCUT2D eigenvalue weighted by Crippen LogP contribution is 2.56. The molecule has 32 heavy (non-hydrogen) atoms. The Hall–Kier alpha value is -3.21. The van der Waals surface area contributed by atoms with Crippen molar-refractivity contribution in [3.8, 4) is 5.75 Å². The van der Waals surface area contributed by atoms with E-state index in [4.69, 9.17) is 5.73 Å². The molecule has 0 aliphatic heterocycles. The number of carbonyl (C=O) groups excluding carboxylic acids is 3. The standard InChI is InChI=1S/C22H24N2O8/c1-21(31)8-5-4-6-11(25)12(8)16(26)13-9(21)7-10-15(24(2)3)17(27)14(20(23)30)19(29)22(10,32)18(13)28/h4-6,9-10,15,25-26,30-32H,7,23H2,1-3H3/b20-14-/t9-,10-,15-,21?,22-/m0/s1. The van der Waals surface area contributed by atoms with E-state index >= 15 is 0 Å². The highest BCUT2D eigenvalue weighted by molar-refractivity contribution is 6.35. The summed E-state index contributed by atoms with van der Waals surface area (Å²) in [5.41, 5.74) is -0.589. The van der Waals surface area contributed by atoms with E-state index in [1.807, 2.05) is 0 Å². The zero-order valence-electron chi connectivity index (χ0n) is 17.7. The Bertz CT molecular complexity index is 1140. The summed E-state index contributed by atoms with van der Waals surface area (Å²) >= 11 is 0. The van der Waals surface area contributed by atoms with Gasteiger partial charge in [0.25, 0.3) is 0 Å². The predicted octanol–water partition coefficient (Wildman–Crippen LogP) is -0.371. The third kappa shape index (κ3) is 2.48. The summed E-state index contributed by atoms with van der Waals surface area (Å²) in [6.45, 7) is 1.40. The highest BCUT2D eigenvalue weighted by Gasteiger charge is 2.68. The van der Waals surface area contributed by atoms with Gasteiger partial charge in [0.2, 0.25) is 11.6 Å². The minimum Gasteiger partial charge on any atom is -0.507 e. The minimum atomic E-state index is -2.82. The van der Waals surface area contributed by atoms with Crippen molar-refractivity contribution in [1.82, 2.24) is 4.90 Å². The lowest BCUT2D eigenvalue weighted by Gasteiger charge is -2.53. The van der Waals surface area contributed by atoms with Gasteiger partial charge in [-0.2, -0.15) is 0 Å². The average Bonchev–Trinajstić information content (AvgIpc) is 2.68. The minimum absolute atomic E-state index is 0.164. The van der Waals surface area contributed by atoms with E-state index in [1.54, 1.807) is 0 Å². The van der Waals surface area contributed by atoms with Crippen molar-refractivity contribution in [2.24, 2.45) is 17.6 Å². The molecule has 10 nitrogen and oxygen atoms in total. The number of hydrogen-bond acceptors (Lipinski definition) is 10. The molecule has 0 radical (unpaired) electrons. The first kappa shape index (κ1) is 22.0. The van der Waals surface area contributed by atoms with Crippen LogP contribution in [0, 0.1) is 11.8 Å². The maximum atomic E-state index is 13.6. The Labute approximate surface area is 182 Å². The van der Waals surface area contributed by atoms with Crippen LogP contribution >= 0.6 is 0 Å². The Morgan fingerprint density at radius 1 is 1.12 bits per heavy atom. The van der Waals surface area contributed by atoms with Crippen LogP contribution in [-0.4, -0.2) is 73.5 Å².